The fourth-order valence-corrected chi connectivity index (χ4v) is 2.90. The van der Waals surface area contributed by atoms with Gasteiger partial charge in [0.15, 0.2) is 0 Å². The Labute approximate surface area is 162 Å². The van der Waals surface area contributed by atoms with Crippen LogP contribution in [-0.4, -0.2) is 11.9 Å². The van der Waals surface area contributed by atoms with Gasteiger partial charge in [-0.3, -0.25) is 0 Å². The van der Waals surface area contributed by atoms with Gasteiger partial charge in [-0.2, -0.15) is 0 Å². The molecule has 0 fully saturated rings. The van der Waals surface area contributed by atoms with E-state index in [-0.39, 0.29) is 13.2 Å². The lowest BCUT2D eigenvalue weighted by Gasteiger charge is -2.08. The molecule has 4 nitrogen and oxygen atoms in total. The van der Waals surface area contributed by atoms with Crippen molar-refractivity contribution in [3.63, 3.8) is 0 Å². The Kier molecular flexibility index (Phi) is 4.90. The van der Waals surface area contributed by atoms with E-state index in [0.29, 0.717) is 11.1 Å². The first-order valence-corrected chi connectivity index (χ1v) is 8.83. The molecule has 136 valence electrons. The number of fused-ring (bicyclic) bond motifs is 4. The van der Waals surface area contributed by atoms with Crippen LogP contribution in [0, 0.1) is 11.8 Å². The first-order chi connectivity index (χ1) is 13.7. The van der Waals surface area contributed by atoms with Gasteiger partial charge in [0.25, 0.3) is 0 Å². The lowest BCUT2D eigenvalue weighted by molar-refractivity contribution is 0.0470. The van der Waals surface area contributed by atoms with Gasteiger partial charge < -0.3 is 9.47 Å². The number of hydrogen-bond donors (Lipinski definition) is 0. The molecule has 1 aliphatic rings. The summed E-state index contributed by atoms with van der Waals surface area (Å²) in [5.74, 6) is 5.27. The molecule has 0 unspecified atom stereocenters. The largest absolute Gasteiger partial charge is 0.457 e. The minimum absolute atomic E-state index is 0.0972. The van der Waals surface area contributed by atoms with Gasteiger partial charge >= 0.3 is 11.9 Å². The molecule has 28 heavy (non-hydrogen) atoms. The van der Waals surface area contributed by atoms with E-state index >= 15 is 0 Å². The summed E-state index contributed by atoms with van der Waals surface area (Å²) in [6.07, 6.45) is 0. The monoisotopic (exact) mass is 368 g/mol. The number of esters is 2. The molecule has 3 aromatic carbocycles. The first kappa shape index (κ1) is 17.6. The van der Waals surface area contributed by atoms with Crippen molar-refractivity contribution in [2.75, 3.05) is 0 Å². The molecule has 0 atom stereocenters. The summed E-state index contributed by atoms with van der Waals surface area (Å²) < 4.78 is 10.9. The predicted octanol–water partition coefficient (Wildman–Crippen LogP) is 4.11. The van der Waals surface area contributed by atoms with Gasteiger partial charge in [-0.1, -0.05) is 54.3 Å². The van der Waals surface area contributed by atoms with E-state index in [4.69, 9.17) is 9.47 Å². The molecular formula is C24H16O4. The van der Waals surface area contributed by atoms with Crippen molar-refractivity contribution in [2.45, 2.75) is 13.2 Å². The zero-order valence-corrected chi connectivity index (χ0v) is 15.0. The minimum atomic E-state index is -0.504. The number of ether oxygens (including phenoxy) is 2. The summed E-state index contributed by atoms with van der Waals surface area (Å²) in [6, 6.07) is 21.4. The second-order valence-electron chi connectivity index (χ2n) is 6.30. The van der Waals surface area contributed by atoms with Crippen LogP contribution in [0.25, 0.3) is 0 Å². The topological polar surface area (TPSA) is 52.6 Å². The van der Waals surface area contributed by atoms with E-state index < -0.39 is 11.9 Å². The summed E-state index contributed by atoms with van der Waals surface area (Å²) >= 11 is 0. The minimum Gasteiger partial charge on any atom is -0.457 e. The molecule has 0 radical (unpaired) electrons. The van der Waals surface area contributed by atoms with Crippen molar-refractivity contribution >= 4 is 11.9 Å². The SMILES string of the molecule is O=C1OCc2ccccc2C#Cc2ccccc2COC(=O)c2cccc1c2. The molecule has 0 N–H and O–H groups in total. The Hall–Kier alpha value is -3.84. The van der Waals surface area contributed by atoms with E-state index in [0.717, 1.165) is 22.3 Å². The normalized spacial score (nSPS) is 13.4. The summed E-state index contributed by atoms with van der Waals surface area (Å²) in [6.45, 7) is 0.194. The van der Waals surface area contributed by atoms with Gasteiger partial charge in [0.2, 0.25) is 0 Å². The lowest BCUT2D eigenvalue weighted by atomic mass is 10.1. The molecular weight excluding hydrogens is 352 g/mol. The van der Waals surface area contributed by atoms with E-state index in [1.807, 2.05) is 48.5 Å². The maximum Gasteiger partial charge on any atom is 0.338 e. The van der Waals surface area contributed by atoms with E-state index in [9.17, 15) is 9.59 Å². The maximum atomic E-state index is 12.4. The molecule has 1 heterocycles. The molecule has 4 heteroatoms. The average molecular weight is 368 g/mol. The Morgan fingerprint density at radius 3 is 1.57 bits per heavy atom. The fourth-order valence-electron chi connectivity index (χ4n) is 2.90. The molecule has 0 spiro atoms. The van der Waals surface area contributed by atoms with Crippen molar-refractivity contribution in [1.82, 2.24) is 0 Å². The van der Waals surface area contributed by atoms with E-state index in [1.54, 1.807) is 18.2 Å². The quantitative estimate of drug-likeness (QED) is 0.443. The third kappa shape index (κ3) is 3.79. The predicted molar refractivity (Wildman–Crippen MR) is 104 cm³/mol. The summed E-state index contributed by atoms with van der Waals surface area (Å²) in [5.41, 5.74) is 3.80. The number of hydrogen-bond acceptors (Lipinski definition) is 4. The first-order valence-electron chi connectivity index (χ1n) is 8.83. The molecule has 4 rings (SSSR count). The third-order valence-electron chi connectivity index (χ3n) is 4.42. The molecule has 0 amide bonds. The molecule has 0 aromatic heterocycles. The van der Waals surface area contributed by atoms with Crippen LogP contribution in [0.5, 0.6) is 0 Å². The van der Waals surface area contributed by atoms with Gasteiger partial charge in [-0.05, 0) is 30.3 Å². The van der Waals surface area contributed by atoms with Crippen LogP contribution in [-0.2, 0) is 22.7 Å². The number of carbonyl (C=O) groups is 2. The highest BCUT2D eigenvalue weighted by Crippen LogP contribution is 2.16. The van der Waals surface area contributed by atoms with Gasteiger partial charge in [-0.25, -0.2) is 9.59 Å². The van der Waals surface area contributed by atoms with Crippen molar-refractivity contribution < 1.29 is 19.1 Å². The molecule has 1 aliphatic heterocycles. The van der Waals surface area contributed by atoms with Crippen LogP contribution < -0.4 is 0 Å². The van der Waals surface area contributed by atoms with Gasteiger partial charge in [-0.15, -0.1) is 0 Å². The van der Waals surface area contributed by atoms with Gasteiger partial charge in [0, 0.05) is 22.3 Å². The second-order valence-corrected chi connectivity index (χ2v) is 6.30. The number of rotatable bonds is 0. The highest BCUT2D eigenvalue weighted by Gasteiger charge is 2.14. The lowest BCUT2D eigenvalue weighted by Crippen LogP contribution is -2.09. The van der Waals surface area contributed by atoms with Crippen LogP contribution >= 0.6 is 0 Å². The molecule has 0 saturated carbocycles. The smallest absolute Gasteiger partial charge is 0.338 e. The highest BCUT2D eigenvalue weighted by atomic mass is 16.5. The molecule has 3 aromatic rings. The second kappa shape index (κ2) is 7.81. The Bertz CT molecular complexity index is 1040. The molecule has 2 bridgehead atoms. The standard InChI is InChI=1S/C24H16O4/c25-23-19-10-5-11-20(14-19)24(26)28-16-22-9-4-2-7-18(22)13-12-17-6-1-3-8-21(17)15-27-23/h1-11,14H,15-16H2. The number of carbonyl (C=O) groups excluding carboxylic acids is 2. The van der Waals surface area contributed by atoms with Crippen molar-refractivity contribution in [2.24, 2.45) is 0 Å². The third-order valence-corrected chi connectivity index (χ3v) is 4.42. The van der Waals surface area contributed by atoms with Crippen LogP contribution in [0.1, 0.15) is 43.0 Å². The average Bonchev–Trinajstić information content (AvgIpc) is 2.75. The molecule has 0 saturated heterocycles. The van der Waals surface area contributed by atoms with Gasteiger partial charge in [0.05, 0.1) is 11.1 Å². The van der Waals surface area contributed by atoms with Crippen molar-refractivity contribution in [1.29, 1.82) is 0 Å². The molecule has 0 aliphatic carbocycles. The zero-order valence-electron chi connectivity index (χ0n) is 15.0. The Morgan fingerprint density at radius 1 is 0.607 bits per heavy atom. The Morgan fingerprint density at radius 2 is 1.07 bits per heavy atom. The van der Waals surface area contributed by atoms with Crippen LogP contribution in [0.2, 0.25) is 0 Å². The van der Waals surface area contributed by atoms with Crippen molar-refractivity contribution in [3.05, 3.63) is 106 Å². The summed E-state index contributed by atoms with van der Waals surface area (Å²) in [7, 11) is 0. The number of benzene rings is 3. The summed E-state index contributed by atoms with van der Waals surface area (Å²) in [5, 5.41) is 0. The van der Waals surface area contributed by atoms with Crippen LogP contribution in [0.3, 0.4) is 0 Å². The van der Waals surface area contributed by atoms with Crippen LogP contribution in [0.15, 0.2) is 72.8 Å². The van der Waals surface area contributed by atoms with Crippen LogP contribution in [0.4, 0.5) is 0 Å². The summed E-state index contributed by atoms with van der Waals surface area (Å²) in [4.78, 5) is 24.8. The van der Waals surface area contributed by atoms with Crippen molar-refractivity contribution in [3.8, 4) is 11.8 Å². The Balaban J connectivity index is 1.79. The fraction of sp³-hybridized carbons (Fsp3) is 0.0833. The maximum absolute atomic E-state index is 12.4. The number of cyclic esters (lactones) is 2. The zero-order chi connectivity index (χ0) is 19.3. The highest BCUT2D eigenvalue weighted by molar-refractivity contribution is 5.95. The van der Waals surface area contributed by atoms with E-state index in [1.165, 1.54) is 6.07 Å². The van der Waals surface area contributed by atoms with Gasteiger partial charge in [0.1, 0.15) is 13.2 Å². The van der Waals surface area contributed by atoms with E-state index in [2.05, 4.69) is 11.8 Å².